The lowest BCUT2D eigenvalue weighted by atomic mass is 10.0. The maximum atomic E-state index is 13.1. The number of nitrogens with zero attached hydrogens (tertiary/aromatic N) is 7. The van der Waals surface area contributed by atoms with Gasteiger partial charge in [-0.2, -0.15) is 9.78 Å². The number of piperidine rings is 1. The molecule has 1 aliphatic rings. The molecule has 0 spiro atoms. The zero-order chi connectivity index (χ0) is 25.7. The largest absolute Gasteiger partial charge is 0.493 e. The third-order valence-electron chi connectivity index (χ3n) is 6.07. The van der Waals surface area contributed by atoms with Gasteiger partial charge in [0, 0.05) is 18.2 Å². The average molecular weight is 536 g/mol. The molecule has 1 fully saturated rings. The smallest absolute Gasteiger partial charge is 0.293 e. The van der Waals surface area contributed by atoms with Crippen molar-refractivity contribution in [2.24, 2.45) is 5.10 Å². The third-order valence-corrected chi connectivity index (χ3v) is 6.07. The number of amides is 1. The fourth-order valence-corrected chi connectivity index (χ4v) is 4.15. The zero-order valence-corrected chi connectivity index (χ0v) is 21.8. The van der Waals surface area contributed by atoms with Gasteiger partial charge in [0.15, 0.2) is 17.2 Å². The Balaban J connectivity index is 0.00000380. The van der Waals surface area contributed by atoms with Crippen LogP contribution in [0.2, 0.25) is 0 Å². The third kappa shape index (κ3) is 5.75. The van der Waals surface area contributed by atoms with Crippen LogP contribution >= 0.6 is 12.4 Å². The number of benzene rings is 1. The van der Waals surface area contributed by atoms with Crippen molar-refractivity contribution in [2.75, 3.05) is 33.6 Å². The highest BCUT2D eigenvalue weighted by molar-refractivity contribution is 5.94. The molecular formula is C22H30ClN9O5. The Kier molecular flexibility index (Phi) is 9.25. The minimum absolute atomic E-state index is 0. The zero-order valence-electron chi connectivity index (χ0n) is 21.0. The summed E-state index contributed by atoms with van der Waals surface area (Å²) in [4.78, 5) is 15.4. The Morgan fingerprint density at radius 1 is 1.22 bits per heavy atom. The molecule has 14 nitrogen and oxygen atoms in total. The lowest BCUT2D eigenvalue weighted by Crippen LogP contribution is -2.38. The van der Waals surface area contributed by atoms with E-state index < -0.39 is 5.91 Å². The van der Waals surface area contributed by atoms with E-state index in [0.717, 1.165) is 25.8 Å². The fourth-order valence-electron chi connectivity index (χ4n) is 4.15. The second kappa shape index (κ2) is 12.4. The standard InChI is InChI=1S/C22H29N9O5.ClH/c1-13-7-5-6-10-30(13)12-15-17(25-29-31(15)21-20(23)27-36-28-21)22(32)26-24-11-14-8-9-16(33-2)19(35-4)18(14)34-3;/h8-9,11,13H,5-7,10,12H2,1-4H3,(H2,23,27)(H,26,32);1H/b24-11-;. The van der Waals surface area contributed by atoms with Gasteiger partial charge in [0.25, 0.3) is 5.91 Å². The second-order valence-corrected chi connectivity index (χ2v) is 8.21. The summed E-state index contributed by atoms with van der Waals surface area (Å²) >= 11 is 0. The van der Waals surface area contributed by atoms with Gasteiger partial charge in [0.2, 0.25) is 17.4 Å². The predicted molar refractivity (Wildman–Crippen MR) is 136 cm³/mol. The Hall–Kier alpha value is -3.91. The molecule has 0 aliphatic carbocycles. The highest BCUT2D eigenvalue weighted by Crippen LogP contribution is 2.39. The first kappa shape index (κ1) is 27.7. The number of nitrogens with one attached hydrogen (secondary N) is 1. The molecule has 200 valence electrons. The Morgan fingerprint density at radius 3 is 2.65 bits per heavy atom. The number of rotatable bonds is 9. The number of anilines is 1. The van der Waals surface area contributed by atoms with Crippen LogP contribution < -0.4 is 25.4 Å². The number of carbonyl (C=O) groups excluding carboxylic acids is 1. The van der Waals surface area contributed by atoms with Crippen molar-refractivity contribution >= 4 is 30.3 Å². The van der Waals surface area contributed by atoms with Crippen LogP contribution in [0.15, 0.2) is 21.9 Å². The van der Waals surface area contributed by atoms with Crippen molar-refractivity contribution in [3.63, 3.8) is 0 Å². The van der Waals surface area contributed by atoms with Crippen LogP contribution in [-0.4, -0.2) is 76.2 Å². The van der Waals surface area contributed by atoms with E-state index >= 15 is 0 Å². The topological polar surface area (TPSA) is 168 Å². The van der Waals surface area contributed by atoms with Crippen LogP contribution in [0.3, 0.4) is 0 Å². The fraction of sp³-hybridized carbons (Fsp3) is 0.455. The number of hydrogen-bond acceptors (Lipinski definition) is 12. The van der Waals surface area contributed by atoms with Gasteiger partial charge in [-0.15, -0.1) is 17.5 Å². The first-order valence-electron chi connectivity index (χ1n) is 11.4. The summed E-state index contributed by atoms with van der Waals surface area (Å²) in [7, 11) is 4.54. The summed E-state index contributed by atoms with van der Waals surface area (Å²) in [5.74, 6) is 0.986. The number of halogens is 1. The second-order valence-electron chi connectivity index (χ2n) is 8.21. The van der Waals surface area contributed by atoms with E-state index in [1.54, 1.807) is 12.1 Å². The summed E-state index contributed by atoms with van der Waals surface area (Å²) < 4.78 is 22.2. The molecule has 0 radical (unpaired) electrons. The first-order chi connectivity index (χ1) is 17.5. The molecule has 3 heterocycles. The molecule has 0 saturated carbocycles. The van der Waals surface area contributed by atoms with Gasteiger partial charge < -0.3 is 19.9 Å². The molecule has 2 aromatic heterocycles. The highest BCUT2D eigenvalue weighted by atomic mass is 35.5. The quantitative estimate of drug-likeness (QED) is 0.303. The molecular weight excluding hydrogens is 506 g/mol. The van der Waals surface area contributed by atoms with E-state index in [4.69, 9.17) is 24.6 Å². The molecule has 3 N–H and O–H groups in total. The van der Waals surface area contributed by atoms with E-state index in [-0.39, 0.29) is 29.7 Å². The first-order valence-corrected chi connectivity index (χ1v) is 11.4. The van der Waals surface area contributed by atoms with Crippen molar-refractivity contribution in [1.82, 2.24) is 35.6 Å². The number of nitrogens with two attached hydrogens (primary N) is 1. The molecule has 1 aromatic carbocycles. The molecule has 1 atom stereocenters. The number of methoxy groups -OCH3 is 3. The number of hydrogen-bond donors (Lipinski definition) is 2. The SMILES string of the molecule is COc1ccc(/C=N\NC(=O)c2nnn(-c3nonc3N)c2CN2CCCCC2C)c(OC)c1OC.Cl. The number of ether oxygens (including phenoxy) is 3. The van der Waals surface area contributed by atoms with Gasteiger partial charge >= 0.3 is 0 Å². The Morgan fingerprint density at radius 2 is 2.00 bits per heavy atom. The maximum Gasteiger partial charge on any atom is 0.293 e. The van der Waals surface area contributed by atoms with Crippen LogP contribution in [0.4, 0.5) is 5.82 Å². The summed E-state index contributed by atoms with van der Waals surface area (Å²) in [6.45, 7) is 3.45. The number of nitrogen functional groups attached to an aromatic ring is 1. The van der Waals surface area contributed by atoms with Crippen molar-refractivity contribution < 1.29 is 23.6 Å². The summed E-state index contributed by atoms with van der Waals surface area (Å²) in [5, 5.41) is 19.7. The van der Waals surface area contributed by atoms with Crippen LogP contribution in [0, 0.1) is 0 Å². The summed E-state index contributed by atoms with van der Waals surface area (Å²) in [6, 6.07) is 3.78. The van der Waals surface area contributed by atoms with E-state index in [2.05, 4.69) is 43.0 Å². The monoisotopic (exact) mass is 535 g/mol. The average Bonchev–Trinajstić information content (AvgIpc) is 3.50. The van der Waals surface area contributed by atoms with Crippen molar-refractivity contribution in [2.45, 2.75) is 38.8 Å². The van der Waals surface area contributed by atoms with E-state index in [0.29, 0.717) is 41.1 Å². The van der Waals surface area contributed by atoms with E-state index in [1.807, 2.05) is 0 Å². The summed E-state index contributed by atoms with van der Waals surface area (Å²) in [5.41, 5.74) is 9.55. The van der Waals surface area contributed by atoms with Crippen LogP contribution in [0.5, 0.6) is 17.2 Å². The maximum absolute atomic E-state index is 13.1. The number of carbonyl (C=O) groups is 1. The molecule has 1 saturated heterocycles. The lowest BCUT2D eigenvalue weighted by Gasteiger charge is -2.33. The minimum Gasteiger partial charge on any atom is -0.493 e. The molecule has 1 unspecified atom stereocenters. The summed E-state index contributed by atoms with van der Waals surface area (Å²) in [6.07, 6.45) is 4.73. The van der Waals surface area contributed by atoms with Crippen LogP contribution in [-0.2, 0) is 6.54 Å². The molecule has 15 heteroatoms. The van der Waals surface area contributed by atoms with Crippen molar-refractivity contribution in [3.8, 4) is 23.1 Å². The Labute approximate surface area is 219 Å². The van der Waals surface area contributed by atoms with Gasteiger partial charge in [-0.25, -0.2) is 10.1 Å². The van der Waals surface area contributed by atoms with Crippen LogP contribution in [0.25, 0.3) is 5.82 Å². The normalized spacial score (nSPS) is 15.8. The van der Waals surface area contributed by atoms with E-state index in [1.165, 1.54) is 32.2 Å². The molecule has 0 bridgehead atoms. The molecule has 4 rings (SSSR count). The number of likely N-dealkylation sites (tertiary alicyclic amines) is 1. The number of aromatic nitrogens is 5. The molecule has 3 aromatic rings. The minimum atomic E-state index is -0.549. The Bertz CT molecular complexity index is 1250. The molecule has 1 amide bonds. The van der Waals surface area contributed by atoms with Gasteiger partial charge in [0.1, 0.15) is 0 Å². The highest BCUT2D eigenvalue weighted by Gasteiger charge is 2.28. The number of hydrazone groups is 1. The van der Waals surface area contributed by atoms with Crippen LogP contribution in [0.1, 0.15) is 47.9 Å². The molecule has 37 heavy (non-hydrogen) atoms. The molecule has 1 aliphatic heterocycles. The lowest BCUT2D eigenvalue weighted by molar-refractivity contribution is 0.0945. The van der Waals surface area contributed by atoms with Gasteiger partial charge in [-0.1, -0.05) is 11.6 Å². The van der Waals surface area contributed by atoms with Gasteiger partial charge in [-0.05, 0) is 48.8 Å². The van der Waals surface area contributed by atoms with Crippen molar-refractivity contribution in [1.29, 1.82) is 0 Å². The van der Waals surface area contributed by atoms with E-state index in [9.17, 15) is 4.79 Å². The van der Waals surface area contributed by atoms with Gasteiger partial charge in [-0.3, -0.25) is 9.69 Å². The van der Waals surface area contributed by atoms with Crippen molar-refractivity contribution in [3.05, 3.63) is 29.1 Å². The predicted octanol–water partition coefficient (Wildman–Crippen LogP) is 1.82. The van der Waals surface area contributed by atoms with Gasteiger partial charge in [0.05, 0.1) is 33.2 Å².